The molecule has 0 atom stereocenters. The lowest BCUT2D eigenvalue weighted by molar-refractivity contribution is 0.414. The minimum absolute atomic E-state index is 0.585. The predicted octanol–water partition coefficient (Wildman–Crippen LogP) is 4.05. The van der Waals surface area contributed by atoms with Gasteiger partial charge in [-0.15, -0.1) is 11.3 Å². The molecule has 1 aliphatic heterocycles. The minimum Gasteiger partial charge on any atom is -0.497 e. The number of ether oxygens (including phenoxy) is 1. The Kier molecular flexibility index (Phi) is 4.21. The Hall–Kier alpha value is -2.70. The Morgan fingerprint density at radius 3 is 2.88 bits per heavy atom. The van der Waals surface area contributed by atoms with E-state index < -0.39 is 0 Å². The molecule has 1 aromatic carbocycles. The number of methoxy groups -OCH3 is 1. The van der Waals surface area contributed by atoms with Crippen molar-refractivity contribution in [2.45, 2.75) is 0 Å². The molecule has 0 unspecified atom stereocenters. The van der Waals surface area contributed by atoms with Crippen LogP contribution in [-0.4, -0.2) is 22.8 Å². The number of halogens is 1. The summed E-state index contributed by atoms with van der Waals surface area (Å²) < 4.78 is 5.38. The first-order valence-corrected chi connectivity index (χ1v) is 8.75. The normalized spacial score (nSPS) is 14.6. The monoisotopic (exact) mass is 368 g/mol. The maximum Gasteiger partial charge on any atom is 0.144 e. The van der Waals surface area contributed by atoms with Crippen molar-refractivity contribution in [2.24, 2.45) is 5.10 Å². The number of rotatable bonds is 3. The van der Waals surface area contributed by atoms with Crippen molar-refractivity contribution in [1.29, 1.82) is 0 Å². The summed E-state index contributed by atoms with van der Waals surface area (Å²) in [6, 6.07) is 7.76. The molecule has 0 radical (unpaired) electrons. The molecule has 3 aromatic rings. The van der Waals surface area contributed by atoms with Crippen LogP contribution in [-0.2, 0) is 0 Å². The second-order valence-electron chi connectivity index (χ2n) is 5.28. The molecule has 0 saturated heterocycles. The van der Waals surface area contributed by atoms with Crippen molar-refractivity contribution in [1.82, 2.24) is 15.4 Å². The molecule has 1 N–H and O–H groups in total. The first-order valence-electron chi connectivity index (χ1n) is 7.50. The second-order valence-corrected chi connectivity index (χ2v) is 6.58. The molecule has 0 fully saturated rings. The molecular formula is C18H13ClN4OS. The summed E-state index contributed by atoms with van der Waals surface area (Å²) in [5, 5.41) is 7.89. The molecule has 0 saturated carbocycles. The molecule has 0 amide bonds. The molecule has 1 aliphatic rings. The Balaban J connectivity index is 1.86. The average molecular weight is 369 g/mol. The van der Waals surface area contributed by atoms with Gasteiger partial charge in [-0.05, 0) is 35.9 Å². The molecule has 4 rings (SSSR count). The number of thiazole rings is 1. The molecule has 5 nitrogen and oxygen atoms in total. The van der Waals surface area contributed by atoms with Crippen LogP contribution in [0.15, 0.2) is 53.3 Å². The van der Waals surface area contributed by atoms with Crippen molar-refractivity contribution >= 4 is 40.4 Å². The molecular weight excluding hydrogens is 356 g/mol. The van der Waals surface area contributed by atoms with Gasteiger partial charge in [0.1, 0.15) is 16.5 Å². The molecule has 3 heterocycles. The molecule has 2 aromatic heterocycles. The van der Waals surface area contributed by atoms with E-state index in [9.17, 15) is 0 Å². The highest BCUT2D eigenvalue weighted by atomic mass is 35.5. The highest BCUT2D eigenvalue weighted by molar-refractivity contribution is 7.11. The highest BCUT2D eigenvalue weighted by Crippen LogP contribution is 2.31. The fourth-order valence-corrected chi connectivity index (χ4v) is 3.40. The van der Waals surface area contributed by atoms with Gasteiger partial charge < -0.3 is 4.74 Å². The van der Waals surface area contributed by atoms with E-state index in [-0.39, 0.29) is 0 Å². The summed E-state index contributed by atoms with van der Waals surface area (Å²) in [6.07, 6.45) is 7.05. The van der Waals surface area contributed by atoms with Crippen LogP contribution in [0.5, 0.6) is 5.75 Å². The van der Waals surface area contributed by atoms with E-state index in [0.717, 1.165) is 38.9 Å². The van der Waals surface area contributed by atoms with Crippen LogP contribution in [0.25, 0.3) is 11.8 Å². The fraction of sp³-hybridized carbons (Fsp3) is 0.0556. The zero-order valence-electron chi connectivity index (χ0n) is 13.2. The van der Waals surface area contributed by atoms with Gasteiger partial charge in [-0.3, -0.25) is 10.4 Å². The third-order valence-corrected chi connectivity index (χ3v) is 4.89. The number of fused-ring (bicyclic) bond motifs is 1. The van der Waals surface area contributed by atoms with Gasteiger partial charge in [0.15, 0.2) is 0 Å². The Bertz CT molecular complexity index is 983. The van der Waals surface area contributed by atoms with E-state index in [1.54, 1.807) is 37.0 Å². The topological polar surface area (TPSA) is 59.4 Å². The lowest BCUT2D eigenvalue weighted by atomic mass is 9.97. The Morgan fingerprint density at radius 2 is 2.12 bits per heavy atom. The van der Waals surface area contributed by atoms with Crippen LogP contribution in [0.2, 0.25) is 5.02 Å². The summed E-state index contributed by atoms with van der Waals surface area (Å²) >= 11 is 7.77. The zero-order valence-corrected chi connectivity index (χ0v) is 14.8. The largest absolute Gasteiger partial charge is 0.497 e. The summed E-state index contributed by atoms with van der Waals surface area (Å²) in [4.78, 5) is 8.39. The van der Waals surface area contributed by atoms with Gasteiger partial charge in [-0.2, -0.15) is 5.10 Å². The van der Waals surface area contributed by atoms with Crippen LogP contribution < -0.4 is 10.2 Å². The summed E-state index contributed by atoms with van der Waals surface area (Å²) in [7, 11) is 1.65. The van der Waals surface area contributed by atoms with Gasteiger partial charge >= 0.3 is 0 Å². The average Bonchev–Trinajstić information content (AvgIpc) is 3.17. The number of nitrogens with one attached hydrogen (secondary N) is 1. The maximum absolute atomic E-state index is 6.23. The van der Waals surface area contributed by atoms with Gasteiger partial charge in [0.2, 0.25) is 0 Å². The maximum atomic E-state index is 6.23. The third-order valence-electron chi connectivity index (χ3n) is 3.80. The highest BCUT2D eigenvalue weighted by Gasteiger charge is 2.22. The molecule has 0 bridgehead atoms. The van der Waals surface area contributed by atoms with Gasteiger partial charge in [-0.25, -0.2) is 4.98 Å². The lowest BCUT2D eigenvalue weighted by Crippen LogP contribution is -2.20. The number of benzene rings is 1. The lowest BCUT2D eigenvalue weighted by Gasteiger charge is -2.20. The smallest absolute Gasteiger partial charge is 0.144 e. The first-order chi connectivity index (χ1) is 12.3. The van der Waals surface area contributed by atoms with E-state index in [1.807, 2.05) is 35.7 Å². The van der Waals surface area contributed by atoms with Crippen molar-refractivity contribution in [2.75, 3.05) is 7.11 Å². The third kappa shape index (κ3) is 3.01. The van der Waals surface area contributed by atoms with Crippen LogP contribution in [0.3, 0.4) is 0 Å². The number of pyridine rings is 1. The fourth-order valence-electron chi connectivity index (χ4n) is 2.59. The number of hydrazone groups is 1. The zero-order chi connectivity index (χ0) is 17.2. The Labute approximate surface area is 153 Å². The van der Waals surface area contributed by atoms with Gasteiger partial charge in [0.25, 0.3) is 0 Å². The van der Waals surface area contributed by atoms with E-state index in [1.165, 1.54) is 0 Å². The molecule has 25 heavy (non-hydrogen) atoms. The van der Waals surface area contributed by atoms with E-state index in [4.69, 9.17) is 16.3 Å². The summed E-state index contributed by atoms with van der Waals surface area (Å²) in [5.41, 5.74) is 7.61. The summed E-state index contributed by atoms with van der Waals surface area (Å²) in [6.45, 7) is 0. The molecule has 124 valence electrons. The SMILES string of the molecule is COc1ccc2c(c1)C(c1nccs1)=NN/C2=C/c1ccncc1Cl. The second kappa shape index (κ2) is 6.66. The van der Waals surface area contributed by atoms with E-state index in [2.05, 4.69) is 20.5 Å². The van der Waals surface area contributed by atoms with Crippen LogP contribution in [0, 0.1) is 0 Å². The molecule has 0 aliphatic carbocycles. The van der Waals surface area contributed by atoms with Gasteiger partial charge in [0.05, 0.1) is 17.8 Å². The predicted molar refractivity (Wildman–Crippen MR) is 101 cm³/mol. The van der Waals surface area contributed by atoms with Crippen molar-refractivity contribution in [3.63, 3.8) is 0 Å². The molecule has 0 spiro atoms. The quantitative estimate of drug-likeness (QED) is 0.757. The van der Waals surface area contributed by atoms with Gasteiger partial charge in [-0.1, -0.05) is 11.6 Å². The van der Waals surface area contributed by atoms with Crippen molar-refractivity contribution in [3.8, 4) is 5.75 Å². The summed E-state index contributed by atoms with van der Waals surface area (Å²) in [5.74, 6) is 0.770. The van der Waals surface area contributed by atoms with E-state index >= 15 is 0 Å². The van der Waals surface area contributed by atoms with Crippen molar-refractivity contribution < 1.29 is 4.74 Å². The van der Waals surface area contributed by atoms with E-state index in [0.29, 0.717) is 5.02 Å². The number of nitrogens with zero attached hydrogens (tertiary/aromatic N) is 3. The number of hydrogen-bond donors (Lipinski definition) is 1. The van der Waals surface area contributed by atoms with Crippen molar-refractivity contribution in [3.05, 3.63) is 75.0 Å². The number of aromatic nitrogens is 2. The standard InChI is InChI=1S/C18H13ClN4OS/c1-24-12-2-3-13-14(9-12)17(18-21-6-7-25-18)23-22-16(13)8-11-4-5-20-10-15(11)19/h2-10,22H,1H3/b16-8+. The van der Waals surface area contributed by atoms with Crippen LogP contribution in [0.4, 0.5) is 0 Å². The van der Waals surface area contributed by atoms with Gasteiger partial charge in [0, 0.05) is 35.1 Å². The minimum atomic E-state index is 0.585. The van der Waals surface area contributed by atoms with Crippen LogP contribution >= 0.6 is 22.9 Å². The van der Waals surface area contributed by atoms with Crippen LogP contribution in [0.1, 0.15) is 21.7 Å². The molecule has 7 heteroatoms. The number of hydrogen-bond acceptors (Lipinski definition) is 6. The Morgan fingerprint density at radius 1 is 1.20 bits per heavy atom. The first kappa shape index (κ1) is 15.8.